The molecule has 0 bridgehead atoms. The molecule has 2 aliphatic heterocycles. The van der Waals surface area contributed by atoms with Crippen LogP contribution in [-0.2, 0) is 9.53 Å². The number of morpholine rings is 1. The Morgan fingerprint density at radius 3 is 2.97 bits per heavy atom. The number of aromatic hydroxyl groups is 1. The van der Waals surface area contributed by atoms with Crippen molar-refractivity contribution in [3.05, 3.63) is 58.1 Å². The molecule has 3 heterocycles. The lowest BCUT2D eigenvalue weighted by Gasteiger charge is -2.26. The van der Waals surface area contributed by atoms with E-state index in [0.717, 1.165) is 59.9 Å². The molecule has 0 aliphatic carbocycles. The predicted octanol–water partition coefficient (Wildman–Crippen LogP) is 1.33. The average molecular weight is 417 g/mol. The number of benzene rings is 2. The fourth-order valence-electron chi connectivity index (χ4n) is 3.91. The molecule has 0 saturated carbocycles. The van der Waals surface area contributed by atoms with E-state index in [2.05, 4.69) is 25.4 Å². The van der Waals surface area contributed by atoms with Gasteiger partial charge in [0.2, 0.25) is 5.91 Å². The van der Waals surface area contributed by atoms with Gasteiger partial charge in [-0.3, -0.25) is 9.69 Å². The molecule has 31 heavy (non-hydrogen) atoms. The van der Waals surface area contributed by atoms with Gasteiger partial charge in [0.15, 0.2) is 5.88 Å². The molecule has 0 radical (unpaired) electrons. The SMILES string of the molecule is O=C(CCN1CCOCC1)Nc1ccc2[nH]c(O)c(C=c3ccc4c(c3)C=NN=4)c2c1. The number of amides is 1. The van der Waals surface area contributed by atoms with E-state index in [-0.39, 0.29) is 11.8 Å². The Hall–Kier alpha value is -3.49. The van der Waals surface area contributed by atoms with Crippen LogP contribution < -0.4 is 15.9 Å². The van der Waals surface area contributed by atoms with Crippen molar-refractivity contribution in [1.82, 2.24) is 9.88 Å². The lowest BCUT2D eigenvalue weighted by molar-refractivity contribution is -0.116. The van der Waals surface area contributed by atoms with Gasteiger partial charge < -0.3 is 20.1 Å². The summed E-state index contributed by atoms with van der Waals surface area (Å²) in [7, 11) is 0. The van der Waals surface area contributed by atoms with Crippen molar-refractivity contribution >= 4 is 34.8 Å². The Morgan fingerprint density at radius 2 is 2.10 bits per heavy atom. The zero-order valence-electron chi connectivity index (χ0n) is 17.0. The number of anilines is 1. The van der Waals surface area contributed by atoms with E-state index in [1.807, 2.05) is 42.5 Å². The van der Waals surface area contributed by atoms with Gasteiger partial charge in [0.05, 0.1) is 24.8 Å². The van der Waals surface area contributed by atoms with E-state index in [4.69, 9.17) is 4.74 Å². The highest BCUT2D eigenvalue weighted by molar-refractivity contribution is 5.97. The van der Waals surface area contributed by atoms with E-state index in [9.17, 15) is 9.90 Å². The van der Waals surface area contributed by atoms with Crippen LogP contribution in [0.1, 0.15) is 17.5 Å². The molecule has 158 valence electrons. The minimum absolute atomic E-state index is 0.0298. The van der Waals surface area contributed by atoms with Crippen molar-refractivity contribution < 1.29 is 14.6 Å². The highest BCUT2D eigenvalue weighted by atomic mass is 16.5. The lowest BCUT2D eigenvalue weighted by Crippen LogP contribution is -2.38. The Kier molecular flexibility index (Phi) is 5.23. The molecule has 1 fully saturated rings. The third-order valence-corrected chi connectivity index (χ3v) is 5.59. The van der Waals surface area contributed by atoms with Crippen molar-refractivity contribution in [2.24, 2.45) is 10.2 Å². The molecule has 1 saturated heterocycles. The van der Waals surface area contributed by atoms with Crippen LogP contribution in [0.5, 0.6) is 5.88 Å². The first-order chi connectivity index (χ1) is 15.2. The molecule has 3 N–H and O–H groups in total. The molecule has 1 amide bonds. The minimum Gasteiger partial charge on any atom is -0.494 e. The van der Waals surface area contributed by atoms with Gasteiger partial charge in [-0.05, 0) is 41.6 Å². The third kappa shape index (κ3) is 4.21. The van der Waals surface area contributed by atoms with Crippen LogP contribution in [0.25, 0.3) is 17.0 Å². The monoisotopic (exact) mass is 417 g/mol. The number of carbonyl (C=O) groups is 1. The molecule has 2 aliphatic rings. The van der Waals surface area contributed by atoms with Gasteiger partial charge in [0, 0.05) is 53.8 Å². The minimum atomic E-state index is -0.0298. The number of aromatic nitrogens is 1. The molecule has 1 aromatic heterocycles. The van der Waals surface area contributed by atoms with E-state index in [1.165, 1.54) is 0 Å². The summed E-state index contributed by atoms with van der Waals surface area (Å²) in [6.07, 6.45) is 4.05. The average Bonchev–Trinajstić information content (AvgIpc) is 3.37. The third-order valence-electron chi connectivity index (χ3n) is 5.59. The van der Waals surface area contributed by atoms with Gasteiger partial charge in [-0.2, -0.15) is 10.2 Å². The fourth-order valence-corrected chi connectivity index (χ4v) is 3.91. The molecular weight excluding hydrogens is 394 g/mol. The zero-order valence-corrected chi connectivity index (χ0v) is 17.0. The lowest BCUT2D eigenvalue weighted by atomic mass is 10.1. The second-order valence-corrected chi connectivity index (χ2v) is 7.71. The Bertz CT molecular complexity index is 1290. The molecule has 8 heteroatoms. The van der Waals surface area contributed by atoms with Gasteiger partial charge in [-0.15, -0.1) is 0 Å². The molecule has 0 spiro atoms. The number of hydrogen-bond acceptors (Lipinski definition) is 6. The van der Waals surface area contributed by atoms with Gasteiger partial charge >= 0.3 is 0 Å². The summed E-state index contributed by atoms with van der Waals surface area (Å²) in [6.45, 7) is 3.89. The summed E-state index contributed by atoms with van der Waals surface area (Å²) in [5.41, 5.74) is 3.12. The molecule has 0 unspecified atom stereocenters. The number of hydrogen-bond donors (Lipinski definition) is 3. The summed E-state index contributed by atoms with van der Waals surface area (Å²) in [5, 5.41) is 24.0. The number of H-pyrrole nitrogens is 1. The zero-order chi connectivity index (χ0) is 21.2. The molecule has 8 nitrogen and oxygen atoms in total. The maximum absolute atomic E-state index is 12.4. The van der Waals surface area contributed by atoms with Crippen molar-refractivity contribution in [3.63, 3.8) is 0 Å². The highest BCUT2D eigenvalue weighted by Gasteiger charge is 2.13. The Labute approximate surface area is 178 Å². The molecular formula is C23H23N5O3. The van der Waals surface area contributed by atoms with E-state index < -0.39 is 0 Å². The van der Waals surface area contributed by atoms with E-state index >= 15 is 0 Å². The predicted molar refractivity (Wildman–Crippen MR) is 119 cm³/mol. The summed E-state index contributed by atoms with van der Waals surface area (Å²) < 4.78 is 5.34. The van der Waals surface area contributed by atoms with Crippen LogP contribution in [-0.4, -0.2) is 60.0 Å². The van der Waals surface area contributed by atoms with Crippen LogP contribution >= 0.6 is 0 Å². The van der Waals surface area contributed by atoms with Crippen LogP contribution in [0.4, 0.5) is 5.69 Å². The highest BCUT2D eigenvalue weighted by Crippen LogP contribution is 2.30. The van der Waals surface area contributed by atoms with Crippen LogP contribution in [0.15, 0.2) is 46.6 Å². The van der Waals surface area contributed by atoms with Crippen molar-refractivity contribution in [2.45, 2.75) is 6.42 Å². The fraction of sp³-hybridized carbons (Fsp3) is 0.261. The molecule has 0 atom stereocenters. The van der Waals surface area contributed by atoms with Gasteiger partial charge in [-0.1, -0.05) is 6.07 Å². The number of rotatable bonds is 5. The van der Waals surface area contributed by atoms with E-state index in [1.54, 1.807) is 6.21 Å². The maximum Gasteiger partial charge on any atom is 0.225 e. The Morgan fingerprint density at radius 1 is 1.23 bits per heavy atom. The van der Waals surface area contributed by atoms with Crippen molar-refractivity contribution in [3.8, 4) is 5.88 Å². The quantitative estimate of drug-likeness (QED) is 0.583. The van der Waals surface area contributed by atoms with Gasteiger partial charge in [0.1, 0.15) is 0 Å². The first kappa shape index (κ1) is 19.5. The summed E-state index contributed by atoms with van der Waals surface area (Å²) >= 11 is 0. The number of nitrogens with zero attached hydrogens (tertiary/aromatic N) is 3. The first-order valence-electron chi connectivity index (χ1n) is 10.3. The van der Waals surface area contributed by atoms with Crippen LogP contribution in [0, 0.1) is 0 Å². The summed E-state index contributed by atoms with van der Waals surface area (Å²) in [5.74, 6) is 0.0578. The smallest absolute Gasteiger partial charge is 0.225 e. The van der Waals surface area contributed by atoms with Crippen molar-refractivity contribution in [1.29, 1.82) is 0 Å². The standard InChI is InChI=1S/C23H23N5O3/c29-22(5-6-28-7-9-31-10-8-28)25-17-2-4-21-18(13-17)19(23(30)26-21)12-15-1-3-20-16(11-15)14-24-27-20/h1-4,11-14,26,30H,5-10H2,(H,25,29). The topological polar surface area (TPSA) is 102 Å². The van der Waals surface area contributed by atoms with Gasteiger partial charge in [-0.25, -0.2) is 0 Å². The summed E-state index contributed by atoms with van der Waals surface area (Å²) in [6, 6.07) is 11.4. The maximum atomic E-state index is 12.4. The first-order valence-corrected chi connectivity index (χ1v) is 10.3. The largest absolute Gasteiger partial charge is 0.494 e. The van der Waals surface area contributed by atoms with Crippen LogP contribution in [0.2, 0.25) is 0 Å². The second kappa shape index (κ2) is 8.33. The number of nitrogens with one attached hydrogen (secondary N) is 2. The van der Waals surface area contributed by atoms with Crippen LogP contribution in [0.3, 0.4) is 0 Å². The summed E-state index contributed by atoms with van der Waals surface area (Å²) in [4.78, 5) is 17.7. The number of fused-ring (bicyclic) bond motifs is 2. The van der Waals surface area contributed by atoms with Crippen molar-refractivity contribution in [2.75, 3.05) is 38.2 Å². The normalized spacial score (nSPS) is 16.5. The Balaban J connectivity index is 1.37. The molecule has 3 aromatic rings. The number of carbonyl (C=O) groups excluding carboxylic acids is 1. The molecule has 5 rings (SSSR count). The number of ether oxygens (including phenoxy) is 1. The van der Waals surface area contributed by atoms with Gasteiger partial charge in [0.25, 0.3) is 0 Å². The second-order valence-electron chi connectivity index (χ2n) is 7.71. The number of aromatic amines is 1. The van der Waals surface area contributed by atoms with E-state index in [0.29, 0.717) is 17.7 Å². The molecule has 2 aromatic carbocycles.